The van der Waals surface area contributed by atoms with Gasteiger partial charge in [0, 0.05) is 5.57 Å². The zero-order valence-corrected chi connectivity index (χ0v) is 13.1. The van der Waals surface area contributed by atoms with E-state index in [9.17, 15) is 4.79 Å². The number of carbonyl (C=O) groups is 1. The Labute approximate surface area is 130 Å². The highest BCUT2D eigenvalue weighted by Crippen LogP contribution is 2.46. The molecule has 4 aliphatic rings. The first-order valence-electron chi connectivity index (χ1n) is 8.12. The molecule has 3 fully saturated rings. The van der Waals surface area contributed by atoms with Crippen LogP contribution in [0.15, 0.2) is 35.6 Å². The Kier molecular flexibility index (Phi) is 3.19. The predicted octanol–water partition coefficient (Wildman–Crippen LogP) is 3.45. The molecule has 0 N–H and O–H groups in total. The van der Waals surface area contributed by atoms with Gasteiger partial charge in [-0.05, 0) is 37.2 Å². The third kappa shape index (κ3) is 2.30. The van der Waals surface area contributed by atoms with Crippen molar-refractivity contribution in [2.45, 2.75) is 52.1 Å². The van der Waals surface area contributed by atoms with E-state index in [2.05, 4.69) is 19.9 Å². The monoisotopic (exact) mass is 302 g/mol. The van der Waals surface area contributed by atoms with E-state index in [1.165, 1.54) is 18.4 Å². The molecule has 0 spiro atoms. The minimum atomic E-state index is -0.486. The number of hydrogen-bond acceptors (Lipinski definition) is 4. The number of rotatable bonds is 1. The molecular weight excluding hydrogens is 280 g/mol. The number of esters is 1. The van der Waals surface area contributed by atoms with E-state index in [1.807, 2.05) is 12.2 Å². The summed E-state index contributed by atoms with van der Waals surface area (Å²) in [6.45, 7) is 4.62. The molecule has 4 atom stereocenters. The van der Waals surface area contributed by atoms with Crippen molar-refractivity contribution in [2.24, 2.45) is 17.3 Å². The highest BCUT2D eigenvalue weighted by Gasteiger charge is 2.55. The quantitative estimate of drug-likeness (QED) is 0.550. The van der Waals surface area contributed by atoms with Crippen molar-refractivity contribution in [3.8, 4) is 0 Å². The number of hydrogen-bond donors (Lipinski definition) is 0. The van der Waals surface area contributed by atoms with E-state index >= 15 is 0 Å². The van der Waals surface area contributed by atoms with E-state index in [0.717, 1.165) is 18.4 Å². The van der Waals surface area contributed by atoms with Crippen LogP contribution in [0.3, 0.4) is 0 Å². The first-order chi connectivity index (χ1) is 10.5. The Morgan fingerprint density at radius 3 is 2.95 bits per heavy atom. The van der Waals surface area contributed by atoms with Gasteiger partial charge in [0.15, 0.2) is 0 Å². The average Bonchev–Trinajstić information content (AvgIpc) is 3.07. The van der Waals surface area contributed by atoms with Crippen molar-refractivity contribution >= 4 is 5.97 Å². The van der Waals surface area contributed by atoms with Gasteiger partial charge in [-0.25, -0.2) is 4.79 Å². The lowest BCUT2D eigenvalue weighted by atomic mass is 9.75. The fraction of sp³-hybridized carbons (Fsp3) is 0.611. The summed E-state index contributed by atoms with van der Waals surface area (Å²) in [5.74, 6) is -0.200. The van der Waals surface area contributed by atoms with Crippen LogP contribution in [-0.2, 0) is 19.0 Å². The van der Waals surface area contributed by atoms with Gasteiger partial charge in [-0.2, -0.15) is 0 Å². The summed E-state index contributed by atoms with van der Waals surface area (Å²) in [6, 6.07) is 0. The Balaban J connectivity index is 1.58. The molecule has 3 heterocycles. The maximum atomic E-state index is 12.1. The lowest BCUT2D eigenvalue weighted by Gasteiger charge is -2.31. The minimum Gasteiger partial charge on any atom is -0.472 e. The molecule has 118 valence electrons. The lowest BCUT2D eigenvalue weighted by Crippen LogP contribution is -2.18. The van der Waals surface area contributed by atoms with Crippen molar-refractivity contribution in [1.29, 1.82) is 0 Å². The molecular formula is C18H22O4. The zero-order chi connectivity index (χ0) is 15.3. The summed E-state index contributed by atoms with van der Waals surface area (Å²) in [6.07, 6.45) is 11.7. The van der Waals surface area contributed by atoms with E-state index in [1.54, 1.807) is 6.26 Å². The number of carbonyl (C=O) groups excluding carboxylic acids is 1. The molecule has 1 aliphatic carbocycles. The van der Waals surface area contributed by atoms with Gasteiger partial charge in [0.1, 0.15) is 0 Å². The number of allylic oxidation sites excluding steroid dienone is 3. The topological polar surface area (TPSA) is 44.8 Å². The van der Waals surface area contributed by atoms with Crippen molar-refractivity contribution in [2.75, 3.05) is 0 Å². The fourth-order valence-electron chi connectivity index (χ4n) is 4.08. The summed E-state index contributed by atoms with van der Waals surface area (Å²) in [5.41, 5.74) is 2.52. The maximum Gasteiger partial charge on any atom is 0.336 e. The maximum absolute atomic E-state index is 12.1. The molecule has 22 heavy (non-hydrogen) atoms. The summed E-state index contributed by atoms with van der Waals surface area (Å²) < 4.78 is 16.4. The number of fused-ring (bicyclic) bond motifs is 3. The van der Waals surface area contributed by atoms with Crippen LogP contribution < -0.4 is 0 Å². The molecule has 1 saturated carbocycles. The SMILES string of the molecule is CC1(C)CCC/C(=C\C=C2/C(=O)O[C@@H]3O[C@@H]4OC=C[C@@H]4[C@H]23)C1. The van der Waals surface area contributed by atoms with E-state index in [4.69, 9.17) is 14.2 Å². The van der Waals surface area contributed by atoms with E-state index < -0.39 is 6.29 Å². The molecule has 4 rings (SSSR count). The van der Waals surface area contributed by atoms with Gasteiger partial charge in [0.05, 0.1) is 18.1 Å². The summed E-state index contributed by atoms with van der Waals surface area (Å²) in [4.78, 5) is 12.1. The van der Waals surface area contributed by atoms with Gasteiger partial charge in [-0.3, -0.25) is 0 Å². The second kappa shape index (κ2) is 4.98. The van der Waals surface area contributed by atoms with Crippen LogP contribution in [0.1, 0.15) is 39.5 Å². The van der Waals surface area contributed by atoms with Crippen molar-refractivity contribution in [3.05, 3.63) is 35.6 Å². The zero-order valence-electron chi connectivity index (χ0n) is 13.1. The van der Waals surface area contributed by atoms with E-state index in [0.29, 0.717) is 5.41 Å². The Morgan fingerprint density at radius 1 is 1.27 bits per heavy atom. The molecule has 0 aromatic rings. The van der Waals surface area contributed by atoms with Gasteiger partial charge in [0.25, 0.3) is 0 Å². The molecule has 0 aromatic carbocycles. The molecule has 4 heteroatoms. The van der Waals surface area contributed by atoms with Gasteiger partial charge in [-0.1, -0.05) is 31.6 Å². The largest absolute Gasteiger partial charge is 0.472 e. The van der Waals surface area contributed by atoms with Gasteiger partial charge >= 0.3 is 5.97 Å². The molecule has 0 aromatic heterocycles. The third-order valence-electron chi connectivity index (χ3n) is 5.18. The fourth-order valence-corrected chi connectivity index (χ4v) is 4.08. The average molecular weight is 302 g/mol. The molecule has 0 unspecified atom stereocenters. The lowest BCUT2D eigenvalue weighted by molar-refractivity contribution is -0.188. The van der Waals surface area contributed by atoms with Crippen molar-refractivity contribution < 1.29 is 19.0 Å². The molecule has 4 nitrogen and oxygen atoms in total. The molecule has 3 aliphatic heterocycles. The van der Waals surface area contributed by atoms with Crippen LogP contribution in [0.2, 0.25) is 0 Å². The predicted molar refractivity (Wildman–Crippen MR) is 80.4 cm³/mol. The van der Waals surface area contributed by atoms with Crippen molar-refractivity contribution in [1.82, 2.24) is 0 Å². The van der Waals surface area contributed by atoms with Crippen molar-refractivity contribution in [3.63, 3.8) is 0 Å². The summed E-state index contributed by atoms with van der Waals surface area (Å²) >= 11 is 0. The van der Waals surface area contributed by atoms with E-state index in [-0.39, 0.29) is 24.1 Å². The van der Waals surface area contributed by atoms with Crippen LogP contribution >= 0.6 is 0 Å². The standard InChI is InChI=1S/C18H22O4/c1-18(2)8-3-4-11(10-18)5-6-12-14-13-7-9-20-16(13)22-17(14)21-15(12)19/h5-7,9,13-14,16-17H,3-4,8,10H2,1-2H3/b11-5+,12-6-/t13-,14+,16+,17-/m1/s1. The first-order valence-corrected chi connectivity index (χ1v) is 8.12. The highest BCUT2D eigenvalue weighted by molar-refractivity contribution is 5.92. The van der Waals surface area contributed by atoms with Gasteiger partial charge in [0.2, 0.25) is 12.6 Å². The summed E-state index contributed by atoms with van der Waals surface area (Å²) in [7, 11) is 0. The normalized spacial score (nSPS) is 42.4. The smallest absolute Gasteiger partial charge is 0.336 e. The van der Waals surface area contributed by atoms with Crippen LogP contribution in [0.5, 0.6) is 0 Å². The number of ether oxygens (including phenoxy) is 3. The Bertz CT molecular complexity index is 584. The van der Waals surface area contributed by atoms with Crippen LogP contribution in [0, 0.1) is 17.3 Å². The second-order valence-electron chi connectivity index (χ2n) is 7.49. The molecule has 2 saturated heterocycles. The van der Waals surface area contributed by atoms with Gasteiger partial charge < -0.3 is 14.2 Å². The molecule has 0 amide bonds. The first kappa shape index (κ1) is 14.1. The Morgan fingerprint density at radius 2 is 2.14 bits per heavy atom. The highest BCUT2D eigenvalue weighted by atomic mass is 16.8. The molecule has 0 radical (unpaired) electrons. The minimum absolute atomic E-state index is 0.0373. The second-order valence-corrected chi connectivity index (χ2v) is 7.49. The van der Waals surface area contributed by atoms with Gasteiger partial charge in [-0.15, -0.1) is 0 Å². The van der Waals surface area contributed by atoms with Crippen LogP contribution in [-0.4, -0.2) is 18.5 Å². The van der Waals surface area contributed by atoms with Crippen LogP contribution in [0.25, 0.3) is 0 Å². The summed E-state index contributed by atoms with van der Waals surface area (Å²) in [5, 5.41) is 0. The van der Waals surface area contributed by atoms with Crippen LogP contribution in [0.4, 0.5) is 0 Å². The molecule has 0 bridgehead atoms. The Hall–Kier alpha value is -1.55. The third-order valence-corrected chi connectivity index (χ3v) is 5.18.